The van der Waals surface area contributed by atoms with E-state index >= 15 is 0 Å². The summed E-state index contributed by atoms with van der Waals surface area (Å²) in [5.74, 6) is -2.04. The van der Waals surface area contributed by atoms with Crippen LogP contribution in [0.25, 0.3) is 11.1 Å². The number of fused-ring (bicyclic) bond motifs is 3. The van der Waals surface area contributed by atoms with Crippen LogP contribution in [-0.2, 0) is 14.3 Å². The molecule has 0 saturated carbocycles. The van der Waals surface area contributed by atoms with Gasteiger partial charge in [0.2, 0.25) is 0 Å². The van der Waals surface area contributed by atoms with Gasteiger partial charge in [0.1, 0.15) is 6.04 Å². The average molecular weight is 387 g/mol. The summed E-state index contributed by atoms with van der Waals surface area (Å²) in [6.07, 6.45) is -0.884. The third-order valence-electron chi connectivity index (χ3n) is 5.36. The Kier molecular flexibility index (Phi) is 5.14. The van der Waals surface area contributed by atoms with Crippen molar-refractivity contribution < 1.29 is 19.4 Å². The van der Waals surface area contributed by atoms with E-state index in [4.69, 9.17) is 4.74 Å². The Balaban J connectivity index is 1.70. The van der Waals surface area contributed by atoms with Crippen LogP contribution < -0.4 is 5.32 Å². The highest BCUT2D eigenvalue weighted by Gasteiger charge is 2.39. The van der Waals surface area contributed by atoms with Gasteiger partial charge in [0, 0.05) is 13.0 Å². The lowest BCUT2D eigenvalue weighted by Gasteiger charge is -2.25. The number of rotatable bonds is 6. The van der Waals surface area contributed by atoms with Crippen molar-refractivity contribution in [3.05, 3.63) is 95.6 Å². The molecule has 1 aliphatic rings. The van der Waals surface area contributed by atoms with Crippen molar-refractivity contribution >= 4 is 11.9 Å². The van der Waals surface area contributed by atoms with Gasteiger partial charge in [-0.3, -0.25) is 4.79 Å². The molecule has 0 saturated heterocycles. The highest BCUT2D eigenvalue weighted by molar-refractivity contribution is 5.90. The van der Waals surface area contributed by atoms with E-state index in [1.54, 1.807) is 12.1 Å². The molecule has 1 amide bonds. The number of carboxylic acids is 1. The van der Waals surface area contributed by atoms with Gasteiger partial charge in [0.25, 0.3) is 5.91 Å². The molecule has 0 unspecified atom stereocenters. The molecule has 0 radical (unpaired) electrons. The molecule has 4 rings (SSSR count). The SMILES string of the molecule is CO[C@H](C(=O)N[C@H](C(=O)O)C1c2ccccc2-c2ccccc21)c1ccccc1. The summed E-state index contributed by atoms with van der Waals surface area (Å²) >= 11 is 0. The second kappa shape index (κ2) is 7.89. The van der Waals surface area contributed by atoms with Crippen LogP contribution in [0.3, 0.4) is 0 Å². The number of nitrogens with one attached hydrogen (secondary N) is 1. The predicted molar refractivity (Wildman–Crippen MR) is 109 cm³/mol. The van der Waals surface area contributed by atoms with Gasteiger partial charge >= 0.3 is 5.97 Å². The third kappa shape index (κ3) is 3.41. The van der Waals surface area contributed by atoms with E-state index in [-0.39, 0.29) is 0 Å². The Morgan fingerprint density at radius 2 is 1.38 bits per heavy atom. The number of hydrogen-bond acceptors (Lipinski definition) is 3. The van der Waals surface area contributed by atoms with E-state index in [1.807, 2.05) is 66.7 Å². The van der Waals surface area contributed by atoms with Crippen LogP contribution in [0.1, 0.15) is 28.7 Å². The maximum Gasteiger partial charge on any atom is 0.327 e. The summed E-state index contributed by atoms with van der Waals surface area (Å²) < 4.78 is 5.38. The highest BCUT2D eigenvalue weighted by Crippen LogP contribution is 2.46. The van der Waals surface area contributed by atoms with Crippen molar-refractivity contribution in [3.8, 4) is 11.1 Å². The minimum atomic E-state index is -1.12. The van der Waals surface area contributed by atoms with E-state index in [1.165, 1.54) is 7.11 Å². The maximum atomic E-state index is 13.0. The van der Waals surface area contributed by atoms with Crippen molar-refractivity contribution in [2.24, 2.45) is 0 Å². The molecule has 0 bridgehead atoms. The Morgan fingerprint density at radius 3 is 1.90 bits per heavy atom. The first-order valence-corrected chi connectivity index (χ1v) is 9.41. The number of carbonyl (C=O) groups excluding carboxylic acids is 1. The van der Waals surface area contributed by atoms with Gasteiger partial charge in [-0.15, -0.1) is 0 Å². The topological polar surface area (TPSA) is 75.6 Å². The molecular formula is C24H21NO4. The van der Waals surface area contributed by atoms with Crippen LogP contribution in [0.5, 0.6) is 0 Å². The molecule has 0 fully saturated rings. The Morgan fingerprint density at radius 1 is 0.862 bits per heavy atom. The normalized spacial score (nSPS) is 14.5. The van der Waals surface area contributed by atoms with Crippen LogP contribution >= 0.6 is 0 Å². The van der Waals surface area contributed by atoms with Crippen molar-refractivity contribution in [2.75, 3.05) is 7.11 Å². The third-order valence-corrected chi connectivity index (χ3v) is 5.36. The molecule has 2 atom stereocenters. The first-order chi connectivity index (χ1) is 14.1. The molecular weight excluding hydrogens is 366 g/mol. The summed E-state index contributed by atoms with van der Waals surface area (Å²) in [5, 5.41) is 12.7. The lowest BCUT2D eigenvalue weighted by atomic mass is 9.89. The Hall–Kier alpha value is -3.44. The van der Waals surface area contributed by atoms with Gasteiger partial charge in [-0.2, -0.15) is 0 Å². The van der Waals surface area contributed by atoms with Crippen LogP contribution in [-0.4, -0.2) is 30.1 Å². The van der Waals surface area contributed by atoms with E-state index in [0.29, 0.717) is 5.56 Å². The number of carbonyl (C=O) groups is 2. The van der Waals surface area contributed by atoms with Crippen molar-refractivity contribution in [2.45, 2.75) is 18.1 Å². The fourth-order valence-electron chi connectivity index (χ4n) is 4.09. The largest absolute Gasteiger partial charge is 0.480 e. The summed E-state index contributed by atoms with van der Waals surface area (Å²) in [4.78, 5) is 25.2. The number of benzene rings is 3. The lowest BCUT2D eigenvalue weighted by Crippen LogP contribution is -2.46. The zero-order valence-electron chi connectivity index (χ0n) is 15.9. The molecule has 3 aromatic rings. The molecule has 0 aliphatic heterocycles. The summed E-state index contributed by atoms with van der Waals surface area (Å²) in [5.41, 5.74) is 4.47. The second-order valence-electron chi connectivity index (χ2n) is 7.00. The molecule has 29 heavy (non-hydrogen) atoms. The van der Waals surface area contributed by atoms with Gasteiger partial charge in [-0.05, 0) is 27.8 Å². The van der Waals surface area contributed by atoms with E-state index in [9.17, 15) is 14.7 Å². The average Bonchev–Trinajstić information content (AvgIpc) is 3.07. The fraction of sp³-hybridized carbons (Fsp3) is 0.167. The summed E-state index contributed by atoms with van der Waals surface area (Å²) in [6, 6.07) is 23.4. The number of carboxylic acid groups (broad SMARTS) is 1. The Bertz CT molecular complexity index is 1000. The van der Waals surface area contributed by atoms with Gasteiger partial charge in [-0.1, -0.05) is 78.9 Å². The zero-order valence-corrected chi connectivity index (χ0v) is 15.9. The van der Waals surface area contributed by atoms with E-state index in [2.05, 4.69) is 5.32 Å². The minimum absolute atomic E-state index is 0.475. The fourth-order valence-corrected chi connectivity index (χ4v) is 4.09. The lowest BCUT2D eigenvalue weighted by molar-refractivity contribution is -0.144. The number of aliphatic carboxylic acids is 1. The van der Waals surface area contributed by atoms with Crippen molar-refractivity contribution in [3.63, 3.8) is 0 Å². The molecule has 5 heteroatoms. The monoisotopic (exact) mass is 387 g/mol. The zero-order chi connectivity index (χ0) is 20.4. The molecule has 0 heterocycles. The first kappa shape index (κ1) is 18.9. The molecule has 3 aromatic carbocycles. The molecule has 5 nitrogen and oxygen atoms in total. The van der Waals surface area contributed by atoms with Crippen LogP contribution in [0.2, 0.25) is 0 Å². The molecule has 146 valence electrons. The Labute approximate surface area is 169 Å². The van der Waals surface area contributed by atoms with Gasteiger partial charge in [0.15, 0.2) is 6.10 Å². The van der Waals surface area contributed by atoms with Crippen molar-refractivity contribution in [1.82, 2.24) is 5.32 Å². The molecule has 1 aliphatic carbocycles. The molecule has 2 N–H and O–H groups in total. The predicted octanol–water partition coefficient (Wildman–Crippen LogP) is 3.76. The van der Waals surface area contributed by atoms with Crippen molar-refractivity contribution in [1.29, 1.82) is 0 Å². The smallest absolute Gasteiger partial charge is 0.327 e. The van der Waals surface area contributed by atoms with E-state index in [0.717, 1.165) is 22.3 Å². The van der Waals surface area contributed by atoms with Gasteiger partial charge in [0.05, 0.1) is 0 Å². The van der Waals surface area contributed by atoms with Gasteiger partial charge < -0.3 is 15.2 Å². The number of hydrogen-bond donors (Lipinski definition) is 2. The first-order valence-electron chi connectivity index (χ1n) is 9.41. The van der Waals surface area contributed by atoms with Gasteiger partial charge in [-0.25, -0.2) is 4.79 Å². The number of amides is 1. The molecule has 0 spiro atoms. The number of ether oxygens (including phenoxy) is 1. The maximum absolute atomic E-state index is 13.0. The summed E-state index contributed by atoms with van der Waals surface area (Å²) in [6.45, 7) is 0. The van der Waals surface area contributed by atoms with Crippen LogP contribution in [0, 0.1) is 0 Å². The summed E-state index contributed by atoms with van der Waals surface area (Å²) in [7, 11) is 1.44. The van der Waals surface area contributed by atoms with E-state index < -0.39 is 29.9 Å². The second-order valence-corrected chi connectivity index (χ2v) is 7.00. The van der Waals surface area contributed by atoms with Crippen LogP contribution in [0.4, 0.5) is 0 Å². The minimum Gasteiger partial charge on any atom is -0.480 e. The molecule has 0 aromatic heterocycles. The highest BCUT2D eigenvalue weighted by atomic mass is 16.5. The quantitative estimate of drug-likeness (QED) is 0.675. The number of methoxy groups -OCH3 is 1. The standard InChI is InChI=1S/C24H21NO4/c1-29-22(15-9-3-2-4-10-15)23(26)25-21(24(27)28)20-18-13-7-5-11-16(18)17-12-6-8-14-19(17)20/h2-14,20-22H,1H3,(H,25,26)(H,27,28)/t21-,22-/m0/s1. The van der Waals surface area contributed by atoms with Crippen LogP contribution in [0.15, 0.2) is 78.9 Å².